The Morgan fingerprint density at radius 1 is 1.53 bits per heavy atom. The van der Waals surface area contributed by atoms with Crippen molar-refractivity contribution in [3.8, 4) is 5.75 Å². The van der Waals surface area contributed by atoms with Crippen LogP contribution in [0.4, 0.5) is 5.69 Å². The first-order valence-electron chi connectivity index (χ1n) is 5.79. The third kappa shape index (κ3) is 3.75. The molecule has 1 atom stereocenters. The molecule has 0 saturated carbocycles. The summed E-state index contributed by atoms with van der Waals surface area (Å²) in [4.78, 5) is 11.7. The lowest BCUT2D eigenvalue weighted by molar-refractivity contribution is -0.117. The minimum Gasteiger partial charge on any atom is -0.497 e. The second kappa shape index (κ2) is 6.25. The van der Waals surface area contributed by atoms with Crippen molar-refractivity contribution >= 4 is 11.6 Å². The van der Waals surface area contributed by atoms with E-state index in [1.54, 1.807) is 7.11 Å². The summed E-state index contributed by atoms with van der Waals surface area (Å²) in [6.07, 6.45) is 1.59. The topological polar surface area (TPSA) is 64.4 Å². The molecule has 3 N–H and O–H groups in total. The lowest BCUT2D eigenvalue weighted by atomic mass is 10.1. The van der Waals surface area contributed by atoms with Gasteiger partial charge in [0.25, 0.3) is 0 Å². The SMILES string of the molecule is CCCC(N)C(=O)Nc1ccc(OC)cc1C. The second-order valence-corrected chi connectivity index (χ2v) is 4.07. The smallest absolute Gasteiger partial charge is 0.241 e. The summed E-state index contributed by atoms with van der Waals surface area (Å²) in [5.74, 6) is 0.637. The third-order valence-corrected chi connectivity index (χ3v) is 2.63. The minimum absolute atomic E-state index is 0.139. The molecule has 0 radical (unpaired) electrons. The van der Waals surface area contributed by atoms with Crippen LogP contribution in [-0.4, -0.2) is 19.1 Å². The third-order valence-electron chi connectivity index (χ3n) is 2.63. The van der Waals surface area contributed by atoms with Crippen LogP contribution >= 0.6 is 0 Å². The number of ether oxygens (including phenoxy) is 1. The number of carbonyl (C=O) groups excluding carboxylic acids is 1. The van der Waals surface area contributed by atoms with Crippen molar-refractivity contribution in [1.29, 1.82) is 0 Å². The number of carbonyl (C=O) groups is 1. The number of aryl methyl sites for hydroxylation is 1. The Balaban J connectivity index is 2.71. The molecule has 0 aromatic heterocycles. The molecule has 0 heterocycles. The van der Waals surface area contributed by atoms with Gasteiger partial charge >= 0.3 is 0 Å². The number of anilines is 1. The molecule has 0 spiro atoms. The molecule has 0 bridgehead atoms. The molecule has 0 aliphatic carbocycles. The van der Waals surface area contributed by atoms with Gasteiger partial charge in [-0.05, 0) is 37.1 Å². The van der Waals surface area contributed by atoms with Gasteiger partial charge in [-0.15, -0.1) is 0 Å². The lowest BCUT2D eigenvalue weighted by Crippen LogP contribution is -2.35. The van der Waals surface area contributed by atoms with Crippen LogP contribution in [0.5, 0.6) is 5.75 Å². The Morgan fingerprint density at radius 2 is 2.24 bits per heavy atom. The van der Waals surface area contributed by atoms with E-state index < -0.39 is 6.04 Å². The van der Waals surface area contributed by atoms with E-state index in [0.717, 1.165) is 23.4 Å². The van der Waals surface area contributed by atoms with Crippen LogP contribution in [0.1, 0.15) is 25.3 Å². The van der Waals surface area contributed by atoms with E-state index in [4.69, 9.17) is 10.5 Å². The van der Waals surface area contributed by atoms with Crippen molar-refractivity contribution in [2.75, 3.05) is 12.4 Å². The first-order chi connectivity index (χ1) is 8.08. The molecule has 4 heteroatoms. The number of benzene rings is 1. The zero-order chi connectivity index (χ0) is 12.8. The van der Waals surface area contributed by atoms with Crippen molar-refractivity contribution in [2.45, 2.75) is 32.7 Å². The predicted molar refractivity (Wildman–Crippen MR) is 69.2 cm³/mol. The summed E-state index contributed by atoms with van der Waals surface area (Å²) in [6, 6.07) is 5.07. The molecule has 1 rings (SSSR count). The summed E-state index contributed by atoms with van der Waals surface area (Å²) < 4.78 is 5.10. The molecular weight excluding hydrogens is 216 g/mol. The molecule has 0 aliphatic rings. The number of hydrogen-bond donors (Lipinski definition) is 2. The van der Waals surface area contributed by atoms with Crippen LogP contribution in [0.15, 0.2) is 18.2 Å². The molecule has 0 aliphatic heterocycles. The Labute approximate surface area is 102 Å². The number of amides is 1. The fourth-order valence-electron chi connectivity index (χ4n) is 1.57. The fourth-order valence-corrected chi connectivity index (χ4v) is 1.57. The Bertz CT molecular complexity index is 391. The van der Waals surface area contributed by atoms with Gasteiger partial charge in [-0.25, -0.2) is 0 Å². The van der Waals surface area contributed by atoms with E-state index in [-0.39, 0.29) is 5.91 Å². The highest BCUT2D eigenvalue weighted by Gasteiger charge is 2.13. The molecule has 1 unspecified atom stereocenters. The van der Waals surface area contributed by atoms with Gasteiger partial charge in [0.2, 0.25) is 5.91 Å². The lowest BCUT2D eigenvalue weighted by Gasteiger charge is -2.13. The Morgan fingerprint density at radius 3 is 2.76 bits per heavy atom. The van der Waals surface area contributed by atoms with Gasteiger partial charge in [0.15, 0.2) is 0 Å². The minimum atomic E-state index is -0.443. The molecule has 0 saturated heterocycles. The molecule has 1 aromatic carbocycles. The van der Waals surface area contributed by atoms with Gasteiger partial charge < -0.3 is 15.8 Å². The van der Waals surface area contributed by atoms with Gasteiger partial charge in [0.1, 0.15) is 5.75 Å². The van der Waals surface area contributed by atoms with Gasteiger partial charge in [-0.2, -0.15) is 0 Å². The van der Waals surface area contributed by atoms with Crippen LogP contribution in [0, 0.1) is 6.92 Å². The molecule has 94 valence electrons. The van der Waals surface area contributed by atoms with Gasteiger partial charge in [-0.1, -0.05) is 13.3 Å². The van der Waals surface area contributed by atoms with Crippen LogP contribution in [0.25, 0.3) is 0 Å². The maximum absolute atomic E-state index is 11.7. The zero-order valence-corrected chi connectivity index (χ0v) is 10.6. The average molecular weight is 236 g/mol. The normalized spacial score (nSPS) is 12.0. The summed E-state index contributed by atoms with van der Waals surface area (Å²) in [5, 5.41) is 2.83. The summed E-state index contributed by atoms with van der Waals surface area (Å²) >= 11 is 0. The largest absolute Gasteiger partial charge is 0.497 e. The van der Waals surface area contributed by atoms with Gasteiger partial charge in [-0.3, -0.25) is 4.79 Å². The van der Waals surface area contributed by atoms with Crippen molar-refractivity contribution in [2.24, 2.45) is 5.73 Å². The Kier molecular flexibility index (Phi) is 4.97. The van der Waals surface area contributed by atoms with E-state index in [1.165, 1.54) is 0 Å². The highest BCUT2D eigenvalue weighted by Crippen LogP contribution is 2.21. The van der Waals surface area contributed by atoms with Crippen LogP contribution in [-0.2, 0) is 4.79 Å². The van der Waals surface area contributed by atoms with E-state index >= 15 is 0 Å². The monoisotopic (exact) mass is 236 g/mol. The molecule has 1 amide bonds. The molecule has 1 aromatic rings. The summed E-state index contributed by atoms with van der Waals surface area (Å²) in [6.45, 7) is 3.93. The van der Waals surface area contributed by atoms with Crippen molar-refractivity contribution < 1.29 is 9.53 Å². The Hall–Kier alpha value is -1.55. The van der Waals surface area contributed by atoms with Crippen LogP contribution < -0.4 is 15.8 Å². The highest BCUT2D eigenvalue weighted by molar-refractivity contribution is 5.95. The molecular formula is C13H20N2O2. The zero-order valence-electron chi connectivity index (χ0n) is 10.6. The van der Waals surface area contributed by atoms with E-state index in [0.29, 0.717) is 6.42 Å². The fraction of sp³-hybridized carbons (Fsp3) is 0.462. The van der Waals surface area contributed by atoms with Crippen molar-refractivity contribution in [3.63, 3.8) is 0 Å². The van der Waals surface area contributed by atoms with E-state index in [1.807, 2.05) is 32.0 Å². The van der Waals surface area contributed by atoms with Gasteiger partial charge in [0, 0.05) is 5.69 Å². The number of methoxy groups -OCH3 is 1. The van der Waals surface area contributed by atoms with Gasteiger partial charge in [0.05, 0.1) is 13.2 Å². The van der Waals surface area contributed by atoms with Crippen LogP contribution in [0.3, 0.4) is 0 Å². The number of hydrogen-bond acceptors (Lipinski definition) is 3. The molecule has 17 heavy (non-hydrogen) atoms. The summed E-state index contributed by atoms with van der Waals surface area (Å²) in [7, 11) is 1.62. The van der Waals surface area contributed by atoms with E-state index in [2.05, 4.69) is 5.32 Å². The quantitative estimate of drug-likeness (QED) is 0.822. The van der Waals surface area contributed by atoms with Crippen molar-refractivity contribution in [1.82, 2.24) is 0 Å². The second-order valence-electron chi connectivity index (χ2n) is 4.07. The average Bonchev–Trinajstić information content (AvgIpc) is 2.31. The van der Waals surface area contributed by atoms with E-state index in [9.17, 15) is 4.79 Å². The molecule has 4 nitrogen and oxygen atoms in total. The first kappa shape index (κ1) is 13.5. The number of rotatable bonds is 5. The predicted octanol–water partition coefficient (Wildman–Crippen LogP) is 2.07. The molecule has 0 fully saturated rings. The standard InChI is InChI=1S/C13H20N2O2/c1-4-5-11(14)13(16)15-12-7-6-10(17-3)8-9(12)2/h6-8,11H,4-5,14H2,1-3H3,(H,15,16). The number of nitrogens with two attached hydrogens (primary N) is 1. The first-order valence-corrected chi connectivity index (χ1v) is 5.79. The number of nitrogens with one attached hydrogen (secondary N) is 1. The summed E-state index contributed by atoms with van der Waals surface area (Å²) in [5.41, 5.74) is 7.48. The van der Waals surface area contributed by atoms with Crippen LogP contribution in [0.2, 0.25) is 0 Å². The highest BCUT2D eigenvalue weighted by atomic mass is 16.5. The maximum Gasteiger partial charge on any atom is 0.241 e. The maximum atomic E-state index is 11.7. The van der Waals surface area contributed by atoms with Crippen molar-refractivity contribution in [3.05, 3.63) is 23.8 Å².